The molecule has 0 spiro atoms. The number of nitrogens with zero attached hydrogens (tertiary/aromatic N) is 3. The maximum absolute atomic E-state index is 4.36. The Morgan fingerprint density at radius 1 is 1.14 bits per heavy atom. The molecule has 2 heterocycles. The van der Waals surface area contributed by atoms with Crippen LogP contribution in [0.25, 0.3) is 0 Å². The summed E-state index contributed by atoms with van der Waals surface area (Å²) in [6.07, 6.45) is 5.73. The summed E-state index contributed by atoms with van der Waals surface area (Å²) in [7, 11) is 0. The Hall–Kier alpha value is -1.61. The first-order valence-electron chi connectivity index (χ1n) is 8.08. The second kappa shape index (κ2) is 6.90. The summed E-state index contributed by atoms with van der Waals surface area (Å²) in [5.74, 6) is 0.714. The van der Waals surface area contributed by atoms with Gasteiger partial charge in [0.05, 0.1) is 0 Å². The predicted octanol–water partition coefficient (Wildman–Crippen LogP) is 3.46. The van der Waals surface area contributed by atoms with Gasteiger partial charge in [0.15, 0.2) is 0 Å². The van der Waals surface area contributed by atoms with Gasteiger partial charge in [-0.3, -0.25) is 4.68 Å². The van der Waals surface area contributed by atoms with Gasteiger partial charge in [-0.25, -0.2) is 0 Å². The monoisotopic (exact) mass is 283 g/mol. The minimum absolute atomic E-state index is 0.714. The molecule has 1 aliphatic rings. The van der Waals surface area contributed by atoms with Crippen LogP contribution in [0, 0.1) is 6.92 Å². The van der Waals surface area contributed by atoms with Crippen LogP contribution in [-0.4, -0.2) is 34.3 Å². The quantitative estimate of drug-likeness (QED) is 0.838. The van der Waals surface area contributed by atoms with Crippen molar-refractivity contribution in [3.05, 3.63) is 53.9 Å². The van der Waals surface area contributed by atoms with E-state index in [0.29, 0.717) is 5.92 Å². The molecule has 0 unspecified atom stereocenters. The van der Waals surface area contributed by atoms with E-state index in [2.05, 4.69) is 58.0 Å². The van der Waals surface area contributed by atoms with E-state index in [1.165, 1.54) is 50.2 Å². The molecule has 1 aromatic carbocycles. The topological polar surface area (TPSA) is 21.1 Å². The fraction of sp³-hybridized carbons (Fsp3) is 0.500. The number of likely N-dealkylation sites (tertiary alicyclic amines) is 1. The number of hydrogen-bond acceptors (Lipinski definition) is 2. The van der Waals surface area contributed by atoms with E-state index < -0.39 is 0 Å². The normalized spacial score (nSPS) is 19.8. The van der Waals surface area contributed by atoms with Crippen LogP contribution in [-0.2, 0) is 6.54 Å². The molecule has 1 aliphatic heterocycles. The number of hydrogen-bond donors (Lipinski definition) is 0. The summed E-state index contributed by atoms with van der Waals surface area (Å²) in [4.78, 5) is 2.62. The van der Waals surface area contributed by atoms with Gasteiger partial charge in [0.25, 0.3) is 0 Å². The second-order valence-corrected chi connectivity index (χ2v) is 6.10. The predicted molar refractivity (Wildman–Crippen MR) is 86.4 cm³/mol. The Morgan fingerprint density at radius 2 is 2.00 bits per heavy atom. The van der Waals surface area contributed by atoms with E-state index in [0.717, 1.165) is 6.54 Å². The lowest BCUT2D eigenvalue weighted by Gasteiger charge is -2.33. The standard InChI is InChI=1S/C18H25N3/c1-16-10-11-19-21(16)14-6-13-20-12-5-9-18(15-20)17-7-3-2-4-8-17/h2-4,7-8,10-11,18H,5-6,9,12-15H2,1H3/t18-/m1/s1. The van der Waals surface area contributed by atoms with Crippen LogP contribution in [0.4, 0.5) is 0 Å². The third kappa shape index (κ3) is 3.73. The van der Waals surface area contributed by atoms with E-state index in [1.807, 2.05) is 6.20 Å². The molecule has 21 heavy (non-hydrogen) atoms. The number of piperidine rings is 1. The summed E-state index contributed by atoms with van der Waals surface area (Å²) < 4.78 is 2.11. The average molecular weight is 283 g/mol. The molecule has 0 amide bonds. The Morgan fingerprint density at radius 3 is 2.76 bits per heavy atom. The highest BCUT2D eigenvalue weighted by atomic mass is 15.3. The average Bonchev–Trinajstić information content (AvgIpc) is 2.94. The van der Waals surface area contributed by atoms with Crippen molar-refractivity contribution in [3.63, 3.8) is 0 Å². The number of rotatable bonds is 5. The Bertz CT molecular complexity index is 547. The molecule has 1 aromatic heterocycles. The zero-order valence-electron chi connectivity index (χ0n) is 12.9. The molecule has 1 atom stereocenters. The van der Waals surface area contributed by atoms with Crippen LogP contribution in [0.3, 0.4) is 0 Å². The van der Waals surface area contributed by atoms with Crippen molar-refractivity contribution in [1.29, 1.82) is 0 Å². The largest absolute Gasteiger partial charge is 0.303 e. The summed E-state index contributed by atoms with van der Waals surface area (Å²) in [5, 5.41) is 4.36. The van der Waals surface area contributed by atoms with Gasteiger partial charge in [-0.15, -0.1) is 0 Å². The molecule has 0 aliphatic carbocycles. The molecule has 3 heteroatoms. The maximum atomic E-state index is 4.36. The summed E-state index contributed by atoms with van der Waals surface area (Å²) in [6, 6.07) is 13.1. The number of aryl methyl sites for hydroxylation is 2. The third-order valence-electron chi connectivity index (χ3n) is 4.55. The summed E-state index contributed by atoms with van der Waals surface area (Å²) in [5.41, 5.74) is 2.76. The van der Waals surface area contributed by atoms with Crippen molar-refractivity contribution in [2.45, 2.75) is 38.6 Å². The fourth-order valence-corrected chi connectivity index (χ4v) is 3.33. The van der Waals surface area contributed by atoms with Gasteiger partial charge < -0.3 is 4.90 Å². The molecule has 2 aromatic rings. The van der Waals surface area contributed by atoms with Crippen LogP contribution >= 0.6 is 0 Å². The molecular formula is C18H25N3. The first-order valence-corrected chi connectivity index (χ1v) is 8.08. The molecule has 0 bridgehead atoms. The van der Waals surface area contributed by atoms with Crippen molar-refractivity contribution in [3.8, 4) is 0 Å². The molecular weight excluding hydrogens is 258 g/mol. The molecule has 3 nitrogen and oxygen atoms in total. The van der Waals surface area contributed by atoms with Gasteiger partial charge in [0, 0.05) is 25.0 Å². The first-order chi connectivity index (χ1) is 10.3. The van der Waals surface area contributed by atoms with Gasteiger partial charge in [-0.05, 0) is 56.8 Å². The van der Waals surface area contributed by atoms with Crippen molar-refractivity contribution in [2.75, 3.05) is 19.6 Å². The van der Waals surface area contributed by atoms with E-state index in [9.17, 15) is 0 Å². The van der Waals surface area contributed by atoms with Crippen molar-refractivity contribution < 1.29 is 0 Å². The van der Waals surface area contributed by atoms with Crippen molar-refractivity contribution in [2.24, 2.45) is 0 Å². The van der Waals surface area contributed by atoms with Crippen molar-refractivity contribution >= 4 is 0 Å². The van der Waals surface area contributed by atoms with E-state index in [1.54, 1.807) is 0 Å². The van der Waals surface area contributed by atoms with Gasteiger partial charge in [0.2, 0.25) is 0 Å². The molecule has 0 radical (unpaired) electrons. The summed E-state index contributed by atoms with van der Waals surface area (Å²) >= 11 is 0. The highest BCUT2D eigenvalue weighted by Gasteiger charge is 2.20. The Kier molecular flexibility index (Phi) is 4.71. The summed E-state index contributed by atoms with van der Waals surface area (Å²) in [6.45, 7) is 6.80. The lowest BCUT2D eigenvalue weighted by molar-refractivity contribution is 0.202. The van der Waals surface area contributed by atoms with Gasteiger partial charge >= 0.3 is 0 Å². The highest BCUT2D eigenvalue weighted by Crippen LogP contribution is 2.26. The number of benzene rings is 1. The smallest absolute Gasteiger partial charge is 0.0492 e. The number of aromatic nitrogens is 2. The van der Waals surface area contributed by atoms with E-state index in [-0.39, 0.29) is 0 Å². The Balaban J connectivity index is 1.49. The zero-order chi connectivity index (χ0) is 14.5. The molecule has 3 rings (SSSR count). The van der Waals surface area contributed by atoms with Crippen LogP contribution < -0.4 is 0 Å². The molecule has 1 fully saturated rings. The minimum atomic E-state index is 0.714. The molecule has 112 valence electrons. The first kappa shape index (κ1) is 14.3. The van der Waals surface area contributed by atoms with Gasteiger partial charge in [-0.1, -0.05) is 30.3 Å². The Labute approximate surface area is 127 Å². The third-order valence-corrected chi connectivity index (χ3v) is 4.55. The van der Waals surface area contributed by atoms with Crippen LogP contribution in [0.5, 0.6) is 0 Å². The second-order valence-electron chi connectivity index (χ2n) is 6.10. The SMILES string of the molecule is Cc1ccnn1CCCN1CCC[C@@H](c2ccccc2)C1. The minimum Gasteiger partial charge on any atom is -0.303 e. The lowest BCUT2D eigenvalue weighted by atomic mass is 9.90. The van der Waals surface area contributed by atoms with Gasteiger partial charge in [-0.2, -0.15) is 5.10 Å². The molecule has 0 saturated carbocycles. The molecule has 1 saturated heterocycles. The lowest BCUT2D eigenvalue weighted by Crippen LogP contribution is -2.35. The highest BCUT2D eigenvalue weighted by molar-refractivity contribution is 5.20. The van der Waals surface area contributed by atoms with Gasteiger partial charge in [0.1, 0.15) is 0 Å². The maximum Gasteiger partial charge on any atom is 0.0492 e. The van der Waals surface area contributed by atoms with Crippen LogP contribution in [0.2, 0.25) is 0 Å². The zero-order valence-corrected chi connectivity index (χ0v) is 12.9. The van der Waals surface area contributed by atoms with E-state index in [4.69, 9.17) is 0 Å². The van der Waals surface area contributed by atoms with Crippen LogP contribution in [0.1, 0.15) is 36.4 Å². The fourth-order valence-electron chi connectivity index (χ4n) is 3.33. The molecule has 0 N–H and O–H groups in total. The van der Waals surface area contributed by atoms with E-state index >= 15 is 0 Å². The van der Waals surface area contributed by atoms with Crippen LogP contribution in [0.15, 0.2) is 42.6 Å². The van der Waals surface area contributed by atoms with Crippen molar-refractivity contribution in [1.82, 2.24) is 14.7 Å².